The molecule has 1 amide bonds. The number of carbonyl (C=O) groups is 1. The van der Waals surface area contributed by atoms with E-state index >= 15 is 0 Å². The van der Waals surface area contributed by atoms with Crippen molar-refractivity contribution in [1.82, 2.24) is 5.32 Å². The Balaban J connectivity index is 2.63. The Hall–Kier alpha value is -0.790. The third kappa shape index (κ3) is 1.20. The molecule has 2 atom stereocenters. The lowest BCUT2D eigenvalue weighted by Gasteiger charge is -2.13. The summed E-state index contributed by atoms with van der Waals surface area (Å²) in [6, 6.07) is 0.215. The van der Waals surface area contributed by atoms with Gasteiger partial charge >= 0.3 is 0 Å². The largest absolute Gasteiger partial charge is 0.349 e. The molecule has 1 aliphatic rings. The molecule has 1 rings (SSSR count). The molecule has 2 heteroatoms. The molecular weight excluding hydrogens is 126 g/mol. The molecule has 10 heavy (non-hydrogen) atoms. The maximum Gasteiger partial charge on any atom is 0.220 e. The van der Waals surface area contributed by atoms with Gasteiger partial charge in [0.05, 0.1) is 6.04 Å². The number of carbonyl (C=O) groups excluding carboxylic acids is 1. The molecule has 2 nitrogen and oxygen atoms in total. The van der Waals surface area contributed by atoms with Gasteiger partial charge in [0.1, 0.15) is 0 Å². The van der Waals surface area contributed by atoms with Crippen LogP contribution in [0.25, 0.3) is 0 Å². The van der Waals surface area contributed by atoms with Crippen LogP contribution >= 0.6 is 0 Å². The van der Waals surface area contributed by atoms with E-state index in [1.807, 2.05) is 6.92 Å². The first-order valence-corrected chi connectivity index (χ1v) is 3.56. The van der Waals surface area contributed by atoms with Crippen molar-refractivity contribution in [2.24, 2.45) is 5.92 Å². The highest BCUT2D eigenvalue weighted by Crippen LogP contribution is 2.20. The van der Waals surface area contributed by atoms with E-state index in [1.54, 1.807) is 0 Å². The van der Waals surface area contributed by atoms with Crippen LogP contribution < -0.4 is 5.32 Å². The molecule has 1 N–H and O–H groups in total. The lowest BCUT2D eigenvalue weighted by molar-refractivity contribution is -0.119. The predicted molar refractivity (Wildman–Crippen MR) is 40.5 cm³/mol. The normalized spacial score (nSPS) is 32.0. The SMILES string of the molecule is C=C(C)[C@H]1NC(=O)C[C@@H]1C. The lowest BCUT2D eigenvalue weighted by Crippen LogP contribution is -2.28. The summed E-state index contributed by atoms with van der Waals surface area (Å²) < 4.78 is 0. The highest BCUT2D eigenvalue weighted by molar-refractivity contribution is 5.79. The second-order valence-corrected chi connectivity index (χ2v) is 3.07. The molecule has 0 radical (unpaired) electrons. The van der Waals surface area contributed by atoms with Crippen molar-refractivity contribution in [3.63, 3.8) is 0 Å². The van der Waals surface area contributed by atoms with Gasteiger partial charge in [-0.05, 0) is 12.8 Å². The van der Waals surface area contributed by atoms with Gasteiger partial charge in [-0.3, -0.25) is 4.79 Å². The Morgan fingerprint density at radius 3 is 2.60 bits per heavy atom. The third-order valence-electron chi connectivity index (χ3n) is 1.92. The maximum absolute atomic E-state index is 10.8. The minimum absolute atomic E-state index is 0.153. The first-order chi connectivity index (χ1) is 4.61. The molecule has 1 saturated heterocycles. The Labute approximate surface area is 61.3 Å². The molecular formula is C8H13NO. The second-order valence-electron chi connectivity index (χ2n) is 3.07. The van der Waals surface area contributed by atoms with Crippen molar-refractivity contribution >= 4 is 5.91 Å². The molecule has 0 aromatic carbocycles. The Morgan fingerprint density at radius 2 is 2.40 bits per heavy atom. The Bertz CT molecular complexity index is 174. The minimum Gasteiger partial charge on any atom is -0.349 e. The molecule has 1 fully saturated rings. The number of rotatable bonds is 1. The first-order valence-electron chi connectivity index (χ1n) is 3.56. The van der Waals surface area contributed by atoms with Gasteiger partial charge in [0.15, 0.2) is 0 Å². The van der Waals surface area contributed by atoms with Gasteiger partial charge < -0.3 is 5.32 Å². The summed E-state index contributed by atoms with van der Waals surface area (Å²) in [5.41, 5.74) is 1.05. The fourth-order valence-electron chi connectivity index (χ4n) is 1.39. The van der Waals surface area contributed by atoms with Crippen LogP contribution in [-0.4, -0.2) is 11.9 Å². The average molecular weight is 139 g/mol. The number of hydrogen-bond donors (Lipinski definition) is 1. The van der Waals surface area contributed by atoms with E-state index < -0.39 is 0 Å². The van der Waals surface area contributed by atoms with Gasteiger partial charge in [-0.15, -0.1) is 0 Å². The highest BCUT2D eigenvalue weighted by atomic mass is 16.1. The van der Waals surface area contributed by atoms with Crippen molar-refractivity contribution in [2.75, 3.05) is 0 Å². The predicted octanol–water partition coefficient (Wildman–Crippen LogP) is 1.09. The topological polar surface area (TPSA) is 29.1 Å². The molecule has 56 valence electrons. The summed E-state index contributed by atoms with van der Waals surface area (Å²) >= 11 is 0. The zero-order valence-corrected chi connectivity index (χ0v) is 6.48. The summed E-state index contributed by atoms with van der Waals surface area (Å²) in [6.07, 6.45) is 0.650. The van der Waals surface area contributed by atoms with Gasteiger partial charge in [-0.1, -0.05) is 19.1 Å². The van der Waals surface area contributed by atoms with Gasteiger partial charge in [-0.25, -0.2) is 0 Å². The van der Waals surface area contributed by atoms with E-state index in [-0.39, 0.29) is 11.9 Å². The number of nitrogens with one attached hydrogen (secondary N) is 1. The van der Waals surface area contributed by atoms with E-state index in [1.165, 1.54) is 0 Å². The van der Waals surface area contributed by atoms with E-state index in [0.29, 0.717) is 12.3 Å². The molecule has 1 heterocycles. The average Bonchev–Trinajstić information content (AvgIpc) is 2.10. The molecule has 0 aliphatic carbocycles. The standard InChI is InChI=1S/C8H13NO/c1-5(2)8-6(3)4-7(10)9-8/h6,8H,1,4H2,2-3H3,(H,9,10)/t6-,8+/m0/s1. The summed E-state index contributed by atoms with van der Waals surface area (Å²) in [5.74, 6) is 0.575. The van der Waals surface area contributed by atoms with Crippen LogP contribution in [0.2, 0.25) is 0 Å². The molecule has 0 bridgehead atoms. The minimum atomic E-state index is 0.153. The fraction of sp³-hybridized carbons (Fsp3) is 0.625. The van der Waals surface area contributed by atoms with E-state index in [4.69, 9.17) is 0 Å². The monoisotopic (exact) mass is 139 g/mol. The number of amides is 1. The molecule has 0 unspecified atom stereocenters. The summed E-state index contributed by atoms with van der Waals surface area (Å²) in [7, 11) is 0. The van der Waals surface area contributed by atoms with E-state index in [9.17, 15) is 4.79 Å². The van der Waals surface area contributed by atoms with Crippen molar-refractivity contribution < 1.29 is 4.79 Å². The zero-order valence-electron chi connectivity index (χ0n) is 6.48. The van der Waals surface area contributed by atoms with Gasteiger partial charge in [0.25, 0.3) is 0 Å². The Morgan fingerprint density at radius 1 is 1.80 bits per heavy atom. The van der Waals surface area contributed by atoms with Crippen molar-refractivity contribution in [3.05, 3.63) is 12.2 Å². The summed E-state index contributed by atoms with van der Waals surface area (Å²) in [4.78, 5) is 10.8. The van der Waals surface area contributed by atoms with Gasteiger partial charge in [-0.2, -0.15) is 0 Å². The van der Waals surface area contributed by atoms with Gasteiger partial charge in [0.2, 0.25) is 5.91 Å². The third-order valence-corrected chi connectivity index (χ3v) is 1.92. The van der Waals surface area contributed by atoms with E-state index in [0.717, 1.165) is 5.57 Å². The van der Waals surface area contributed by atoms with Crippen LogP contribution in [0.4, 0.5) is 0 Å². The smallest absolute Gasteiger partial charge is 0.220 e. The molecule has 0 aromatic rings. The molecule has 1 aliphatic heterocycles. The lowest BCUT2D eigenvalue weighted by atomic mass is 9.98. The molecule has 0 spiro atoms. The van der Waals surface area contributed by atoms with Crippen LogP contribution in [0.15, 0.2) is 12.2 Å². The van der Waals surface area contributed by atoms with Crippen LogP contribution in [0.3, 0.4) is 0 Å². The summed E-state index contributed by atoms with van der Waals surface area (Å²) in [6.45, 7) is 7.83. The molecule has 0 saturated carbocycles. The summed E-state index contributed by atoms with van der Waals surface area (Å²) in [5, 5.41) is 2.86. The van der Waals surface area contributed by atoms with E-state index in [2.05, 4.69) is 18.8 Å². The van der Waals surface area contributed by atoms with Crippen LogP contribution in [0, 0.1) is 5.92 Å². The zero-order chi connectivity index (χ0) is 7.72. The Kier molecular flexibility index (Phi) is 1.79. The van der Waals surface area contributed by atoms with Crippen molar-refractivity contribution in [2.45, 2.75) is 26.3 Å². The van der Waals surface area contributed by atoms with Crippen LogP contribution in [0.1, 0.15) is 20.3 Å². The molecule has 0 aromatic heterocycles. The van der Waals surface area contributed by atoms with Crippen LogP contribution in [0.5, 0.6) is 0 Å². The maximum atomic E-state index is 10.8. The highest BCUT2D eigenvalue weighted by Gasteiger charge is 2.28. The second kappa shape index (κ2) is 2.45. The fourth-order valence-corrected chi connectivity index (χ4v) is 1.39. The first kappa shape index (κ1) is 7.32. The van der Waals surface area contributed by atoms with Crippen molar-refractivity contribution in [3.8, 4) is 0 Å². The van der Waals surface area contributed by atoms with Crippen LogP contribution in [-0.2, 0) is 4.79 Å². The van der Waals surface area contributed by atoms with Gasteiger partial charge in [0, 0.05) is 6.42 Å². The van der Waals surface area contributed by atoms with Crippen molar-refractivity contribution in [1.29, 1.82) is 0 Å². The quantitative estimate of drug-likeness (QED) is 0.541. The number of hydrogen-bond acceptors (Lipinski definition) is 1.